The van der Waals surface area contributed by atoms with Gasteiger partial charge in [0.05, 0.1) is 25.7 Å². The summed E-state index contributed by atoms with van der Waals surface area (Å²) < 4.78 is 28.4. The number of aliphatic hydroxyl groups is 2. The molecule has 2 aliphatic heterocycles. The Morgan fingerprint density at radius 1 is 1.02 bits per heavy atom. The van der Waals surface area contributed by atoms with Gasteiger partial charge in [0.15, 0.2) is 11.5 Å². The maximum absolute atomic E-state index is 13.6. The van der Waals surface area contributed by atoms with E-state index in [1.807, 2.05) is 0 Å². The van der Waals surface area contributed by atoms with Crippen LogP contribution in [0.4, 0.5) is 0 Å². The van der Waals surface area contributed by atoms with Gasteiger partial charge in [-0.2, -0.15) is 0 Å². The molecule has 5 aliphatic rings. The summed E-state index contributed by atoms with van der Waals surface area (Å²) in [6.45, 7) is 9.56. The van der Waals surface area contributed by atoms with Crippen molar-refractivity contribution < 1.29 is 57.9 Å². The molecule has 5 rings (SSSR count). The zero-order valence-corrected chi connectivity index (χ0v) is 25.3. The van der Waals surface area contributed by atoms with E-state index in [0.717, 1.165) is 7.11 Å². The van der Waals surface area contributed by atoms with Crippen molar-refractivity contribution in [1.29, 1.82) is 0 Å². The van der Waals surface area contributed by atoms with Crippen LogP contribution in [0.2, 0.25) is 0 Å². The second kappa shape index (κ2) is 10.4. The van der Waals surface area contributed by atoms with Crippen molar-refractivity contribution >= 4 is 29.7 Å². The minimum Gasteiger partial charge on any atom is -0.467 e. The summed E-state index contributed by atoms with van der Waals surface area (Å²) in [5.41, 5.74) is -3.72. The molecular weight excluding hydrogens is 564 g/mol. The fraction of sp³-hybridized carbons (Fsp3) is 0.645. The number of aliphatic hydroxyl groups excluding tert-OH is 2. The van der Waals surface area contributed by atoms with Crippen LogP contribution in [0.5, 0.6) is 0 Å². The number of ether oxygens (including phenoxy) is 5. The fourth-order valence-corrected chi connectivity index (χ4v) is 8.60. The van der Waals surface area contributed by atoms with Crippen molar-refractivity contribution in [2.45, 2.75) is 84.4 Å². The number of allylic oxidation sites excluding steroid dienone is 4. The molecule has 0 aromatic heterocycles. The van der Waals surface area contributed by atoms with E-state index in [9.17, 15) is 34.2 Å². The minimum absolute atomic E-state index is 0.102. The predicted molar refractivity (Wildman–Crippen MR) is 145 cm³/mol. The molecule has 4 fully saturated rings. The summed E-state index contributed by atoms with van der Waals surface area (Å²) >= 11 is 0. The molecule has 2 N–H and O–H groups in total. The van der Waals surface area contributed by atoms with Crippen molar-refractivity contribution in [1.82, 2.24) is 0 Å². The third kappa shape index (κ3) is 3.95. The van der Waals surface area contributed by atoms with Crippen molar-refractivity contribution in [2.24, 2.45) is 28.6 Å². The number of Topliss-reactive ketones (excluding diaryl/α,β-unsaturated/α-hetero) is 1. The Kier molecular flexibility index (Phi) is 7.50. The predicted octanol–water partition coefficient (Wildman–Crippen LogP) is 1.47. The molecule has 3 aliphatic carbocycles. The van der Waals surface area contributed by atoms with Crippen LogP contribution in [0, 0.1) is 28.6 Å². The highest BCUT2D eigenvalue weighted by molar-refractivity contribution is 6.00. The molecule has 0 unspecified atom stereocenters. The number of ketones is 1. The highest BCUT2D eigenvalue weighted by Crippen LogP contribution is 2.72. The lowest BCUT2D eigenvalue weighted by Crippen LogP contribution is -2.79. The number of hydrogen-bond acceptors (Lipinski definition) is 12. The Balaban J connectivity index is 1.69. The van der Waals surface area contributed by atoms with Gasteiger partial charge in [-0.15, -0.1) is 0 Å². The van der Waals surface area contributed by atoms with Gasteiger partial charge in [-0.1, -0.05) is 19.1 Å². The van der Waals surface area contributed by atoms with E-state index >= 15 is 0 Å². The molecule has 12 nitrogen and oxygen atoms in total. The summed E-state index contributed by atoms with van der Waals surface area (Å²) in [6.07, 6.45) is -3.17. The number of methoxy groups -OCH3 is 1. The smallest absolute Gasteiger partial charge is 0.348 e. The molecule has 0 amide bonds. The van der Waals surface area contributed by atoms with Crippen LogP contribution in [-0.2, 0) is 47.7 Å². The van der Waals surface area contributed by atoms with E-state index in [1.165, 1.54) is 13.0 Å². The van der Waals surface area contributed by atoms with Gasteiger partial charge >= 0.3 is 23.9 Å². The molecule has 2 saturated carbocycles. The van der Waals surface area contributed by atoms with Crippen molar-refractivity contribution in [3.8, 4) is 0 Å². The molecule has 1 spiro atoms. The standard InChI is InChI=1S/C31H38O12/c1-8-13(3)25(35)42-20-15(5)16-10-18-30-12-40-31(28(38)39-7,24(34)19(33)22(30)29(16,6)11-17(20)32)23(30)21(27(37)41-18)43-26(36)14(4)9-2/h8-9,16,18-19,21-24,33-34H,10-12H2,1-7H3/b13-8-,14-9-/t16-,18+,19+,21+,22+,23+,24-,29-,30+,31-/m0/s1. The van der Waals surface area contributed by atoms with Crippen LogP contribution in [0.3, 0.4) is 0 Å². The van der Waals surface area contributed by atoms with Crippen LogP contribution >= 0.6 is 0 Å². The minimum atomic E-state index is -2.26. The Hall–Kier alpha value is -3.35. The molecular formula is C31H38O12. The first-order valence-corrected chi connectivity index (χ1v) is 14.4. The van der Waals surface area contributed by atoms with E-state index in [4.69, 9.17) is 23.7 Å². The first-order chi connectivity index (χ1) is 20.2. The summed E-state index contributed by atoms with van der Waals surface area (Å²) in [7, 11) is 1.09. The summed E-state index contributed by atoms with van der Waals surface area (Å²) in [5, 5.41) is 23.6. The van der Waals surface area contributed by atoms with E-state index in [0.29, 0.717) is 11.1 Å². The number of esters is 4. The Morgan fingerprint density at radius 2 is 1.65 bits per heavy atom. The Bertz CT molecular complexity index is 1390. The maximum atomic E-state index is 13.6. The Labute approximate surface area is 249 Å². The molecule has 0 radical (unpaired) electrons. The van der Waals surface area contributed by atoms with Crippen LogP contribution < -0.4 is 0 Å². The van der Waals surface area contributed by atoms with Crippen molar-refractivity contribution in [3.63, 3.8) is 0 Å². The van der Waals surface area contributed by atoms with Gasteiger partial charge in [-0.25, -0.2) is 19.2 Å². The maximum Gasteiger partial charge on any atom is 0.348 e. The SMILES string of the molecule is C/C=C(/C)C(=O)OC1=C(C)[C@@H]2C[C@H]3OC(=O)[C@H](OC(=O)/C(C)=C\C)[C@H]4[C@]5(C(=O)OC)OC[C@]34[C@H]([C@@H](O)[C@@H]5O)[C@@]2(C)CC1=O. The molecule has 234 valence electrons. The lowest BCUT2D eigenvalue weighted by atomic mass is 9.38. The average molecular weight is 603 g/mol. The van der Waals surface area contributed by atoms with Gasteiger partial charge < -0.3 is 33.9 Å². The first-order valence-electron chi connectivity index (χ1n) is 14.4. The highest BCUT2D eigenvalue weighted by atomic mass is 16.6. The van der Waals surface area contributed by atoms with Gasteiger partial charge in [0.25, 0.3) is 0 Å². The second-order valence-corrected chi connectivity index (χ2v) is 12.6. The van der Waals surface area contributed by atoms with Gasteiger partial charge in [-0.05, 0) is 57.9 Å². The van der Waals surface area contributed by atoms with Gasteiger partial charge in [0.1, 0.15) is 12.2 Å². The summed E-state index contributed by atoms with van der Waals surface area (Å²) in [4.78, 5) is 66.3. The molecule has 2 bridgehead atoms. The van der Waals surface area contributed by atoms with Crippen LogP contribution in [0.25, 0.3) is 0 Å². The third-order valence-corrected chi connectivity index (χ3v) is 10.8. The monoisotopic (exact) mass is 602 g/mol. The number of carbonyl (C=O) groups excluding carboxylic acids is 5. The van der Waals surface area contributed by atoms with E-state index in [2.05, 4.69) is 0 Å². The lowest BCUT2D eigenvalue weighted by molar-refractivity contribution is -0.290. The van der Waals surface area contributed by atoms with Crippen molar-refractivity contribution in [2.75, 3.05) is 13.7 Å². The summed E-state index contributed by atoms with van der Waals surface area (Å²) in [5.74, 6) is -6.86. The highest BCUT2D eigenvalue weighted by Gasteiger charge is 2.85. The zero-order valence-electron chi connectivity index (χ0n) is 25.3. The molecule has 0 aromatic rings. The molecule has 0 aromatic carbocycles. The van der Waals surface area contributed by atoms with E-state index in [1.54, 1.807) is 40.7 Å². The topological polar surface area (TPSA) is 172 Å². The first kappa shape index (κ1) is 31.1. The van der Waals surface area contributed by atoms with Gasteiger partial charge in [-0.3, -0.25) is 4.79 Å². The molecule has 10 atom stereocenters. The van der Waals surface area contributed by atoms with E-state index < -0.39 is 88.3 Å². The largest absolute Gasteiger partial charge is 0.467 e. The molecule has 2 heterocycles. The normalized spacial score (nSPS) is 42.0. The van der Waals surface area contributed by atoms with Gasteiger partial charge in [0.2, 0.25) is 11.7 Å². The lowest BCUT2D eigenvalue weighted by Gasteiger charge is -2.67. The molecule has 43 heavy (non-hydrogen) atoms. The van der Waals surface area contributed by atoms with Gasteiger partial charge in [0, 0.05) is 28.9 Å². The molecule has 12 heteroatoms. The second-order valence-electron chi connectivity index (χ2n) is 12.6. The number of carbonyl (C=O) groups is 5. The van der Waals surface area contributed by atoms with Crippen LogP contribution in [-0.4, -0.2) is 83.6 Å². The quantitative estimate of drug-likeness (QED) is 0.264. The fourth-order valence-electron chi connectivity index (χ4n) is 8.60. The number of hydrogen-bond donors (Lipinski definition) is 2. The number of fused-ring (bicyclic) bond motifs is 2. The third-order valence-electron chi connectivity index (χ3n) is 10.8. The average Bonchev–Trinajstić information content (AvgIpc) is 3.28. The number of rotatable bonds is 5. The summed E-state index contributed by atoms with van der Waals surface area (Å²) in [6, 6.07) is 0. The van der Waals surface area contributed by atoms with E-state index in [-0.39, 0.29) is 30.8 Å². The zero-order chi connectivity index (χ0) is 31.8. The molecule has 2 saturated heterocycles. The van der Waals surface area contributed by atoms with Crippen LogP contribution in [0.1, 0.15) is 54.4 Å². The van der Waals surface area contributed by atoms with Crippen LogP contribution in [0.15, 0.2) is 34.6 Å². The van der Waals surface area contributed by atoms with Crippen molar-refractivity contribution in [3.05, 3.63) is 34.6 Å². The Morgan fingerprint density at radius 3 is 2.26 bits per heavy atom.